The Labute approximate surface area is 197 Å². The van der Waals surface area contributed by atoms with Gasteiger partial charge in [-0.25, -0.2) is 0 Å². The van der Waals surface area contributed by atoms with E-state index in [9.17, 15) is 9.59 Å². The highest BCUT2D eigenvalue weighted by atomic mass is 35.5. The lowest BCUT2D eigenvalue weighted by Crippen LogP contribution is -2.22. The summed E-state index contributed by atoms with van der Waals surface area (Å²) in [6.45, 7) is 4.39. The van der Waals surface area contributed by atoms with Crippen LogP contribution in [0.3, 0.4) is 0 Å². The second-order valence-electron chi connectivity index (χ2n) is 7.08. The van der Waals surface area contributed by atoms with Crippen molar-refractivity contribution >= 4 is 46.6 Å². The molecule has 0 saturated heterocycles. The lowest BCUT2D eigenvalue weighted by atomic mass is 10.1. The Kier molecular flexibility index (Phi) is 8.59. The Bertz CT molecular complexity index is 1040. The standard InChI is InChI=1S/C25H25ClN2O3S/c1-3-31-22-12-8-21(9-13-22)28-25(30)17(2)32-23-14-10-20(11-15-23)27-24(29)16-18-4-6-19(26)7-5-18/h4-15,17H,3,16H2,1-2H3,(H,27,29)(H,28,30). The number of rotatable bonds is 9. The first-order chi connectivity index (χ1) is 15.4. The number of anilines is 2. The van der Waals surface area contributed by atoms with Gasteiger partial charge >= 0.3 is 0 Å². The number of ether oxygens (including phenoxy) is 1. The Morgan fingerprint density at radius 2 is 1.50 bits per heavy atom. The molecule has 5 nitrogen and oxygen atoms in total. The monoisotopic (exact) mass is 468 g/mol. The number of hydrogen-bond acceptors (Lipinski definition) is 4. The van der Waals surface area contributed by atoms with Crippen LogP contribution in [-0.4, -0.2) is 23.7 Å². The van der Waals surface area contributed by atoms with Gasteiger partial charge in [0.05, 0.1) is 18.3 Å². The van der Waals surface area contributed by atoms with E-state index in [-0.39, 0.29) is 23.5 Å². The Hall–Kier alpha value is -2.96. The van der Waals surface area contributed by atoms with E-state index in [0.29, 0.717) is 17.3 Å². The summed E-state index contributed by atoms with van der Waals surface area (Å²) in [5, 5.41) is 6.16. The maximum Gasteiger partial charge on any atom is 0.237 e. The third kappa shape index (κ3) is 7.32. The fourth-order valence-electron chi connectivity index (χ4n) is 2.91. The van der Waals surface area contributed by atoms with Gasteiger partial charge < -0.3 is 15.4 Å². The van der Waals surface area contributed by atoms with Crippen molar-refractivity contribution < 1.29 is 14.3 Å². The largest absolute Gasteiger partial charge is 0.494 e. The van der Waals surface area contributed by atoms with Crippen LogP contribution in [0.5, 0.6) is 5.75 Å². The maximum atomic E-state index is 12.5. The molecule has 0 aliphatic heterocycles. The first-order valence-corrected chi connectivity index (χ1v) is 11.5. The van der Waals surface area contributed by atoms with Crippen molar-refractivity contribution in [2.75, 3.05) is 17.2 Å². The molecule has 0 radical (unpaired) electrons. The Balaban J connectivity index is 1.49. The van der Waals surface area contributed by atoms with Crippen molar-refractivity contribution in [3.63, 3.8) is 0 Å². The highest BCUT2D eigenvalue weighted by molar-refractivity contribution is 8.00. The molecular weight excluding hydrogens is 444 g/mol. The smallest absolute Gasteiger partial charge is 0.237 e. The van der Waals surface area contributed by atoms with E-state index in [1.165, 1.54) is 11.8 Å². The lowest BCUT2D eigenvalue weighted by Gasteiger charge is -2.13. The van der Waals surface area contributed by atoms with Crippen LogP contribution < -0.4 is 15.4 Å². The molecule has 1 unspecified atom stereocenters. The van der Waals surface area contributed by atoms with Gasteiger partial charge in [0.25, 0.3) is 0 Å². The number of benzene rings is 3. The van der Waals surface area contributed by atoms with Crippen LogP contribution in [0.1, 0.15) is 19.4 Å². The summed E-state index contributed by atoms with van der Waals surface area (Å²) < 4.78 is 5.41. The van der Waals surface area contributed by atoms with Gasteiger partial charge in [0.1, 0.15) is 5.75 Å². The molecule has 0 heterocycles. The zero-order valence-electron chi connectivity index (χ0n) is 17.9. The molecule has 2 amide bonds. The van der Waals surface area contributed by atoms with Crippen molar-refractivity contribution in [2.24, 2.45) is 0 Å². The van der Waals surface area contributed by atoms with Crippen LogP contribution in [0.2, 0.25) is 5.02 Å². The number of amides is 2. The molecule has 2 N–H and O–H groups in total. The number of carbonyl (C=O) groups excluding carboxylic acids is 2. The second kappa shape index (κ2) is 11.6. The van der Waals surface area contributed by atoms with Crippen LogP contribution in [0, 0.1) is 0 Å². The molecule has 0 aliphatic rings. The fraction of sp³-hybridized carbons (Fsp3) is 0.200. The molecule has 0 aromatic heterocycles. The highest BCUT2D eigenvalue weighted by Crippen LogP contribution is 2.26. The average Bonchev–Trinajstić information content (AvgIpc) is 2.78. The summed E-state index contributed by atoms with van der Waals surface area (Å²) in [6.07, 6.45) is 0.274. The van der Waals surface area contributed by atoms with E-state index in [1.807, 2.05) is 74.5 Å². The van der Waals surface area contributed by atoms with Crippen molar-refractivity contribution in [3.8, 4) is 5.75 Å². The van der Waals surface area contributed by atoms with Gasteiger partial charge in [0, 0.05) is 21.3 Å². The molecule has 0 fully saturated rings. The first kappa shape index (κ1) is 23.7. The van der Waals surface area contributed by atoms with E-state index in [0.717, 1.165) is 21.9 Å². The van der Waals surface area contributed by atoms with Gasteiger partial charge in [0.2, 0.25) is 11.8 Å². The average molecular weight is 469 g/mol. The summed E-state index contributed by atoms with van der Waals surface area (Å²) >= 11 is 7.32. The minimum Gasteiger partial charge on any atom is -0.494 e. The zero-order chi connectivity index (χ0) is 22.9. The molecule has 0 aliphatic carbocycles. The normalized spacial score (nSPS) is 11.5. The third-order valence-electron chi connectivity index (χ3n) is 4.53. The Morgan fingerprint density at radius 1 is 0.906 bits per heavy atom. The van der Waals surface area contributed by atoms with Gasteiger partial charge in [-0.2, -0.15) is 0 Å². The summed E-state index contributed by atoms with van der Waals surface area (Å²) in [5.41, 5.74) is 2.33. The third-order valence-corrected chi connectivity index (χ3v) is 5.89. The SMILES string of the molecule is CCOc1ccc(NC(=O)C(C)Sc2ccc(NC(=O)Cc3ccc(Cl)cc3)cc2)cc1. The van der Waals surface area contributed by atoms with E-state index in [4.69, 9.17) is 16.3 Å². The summed E-state index contributed by atoms with van der Waals surface area (Å²) in [5.74, 6) is 0.587. The van der Waals surface area contributed by atoms with E-state index in [1.54, 1.807) is 12.1 Å². The topological polar surface area (TPSA) is 67.4 Å². The molecule has 3 aromatic rings. The van der Waals surface area contributed by atoms with Crippen molar-refractivity contribution in [2.45, 2.75) is 30.4 Å². The van der Waals surface area contributed by atoms with Crippen LogP contribution in [0.15, 0.2) is 77.7 Å². The van der Waals surface area contributed by atoms with Gasteiger partial charge in [-0.15, -0.1) is 11.8 Å². The molecule has 0 saturated carbocycles. The van der Waals surface area contributed by atoms with Crippen LogP contribution in [0.4, 0.5) is 11.4 Å². The highest BCUT2D eigenvalue weighted by Gasteiger charge is 2.15. The predicted molar refractivity (Wildman–Crippen MR) is 132 cm³/mol. The lowest BCUT2D eigenvalue weighted by molar-refractivity contribution is -0.116. The molecule has 1 atom stereocenters. The molecule has 7 heteroatoms. The van der Waals surface area contributed by atoms with E-state index >= 15 is 0 Å². The van der Waals surface area contributed by atoms with E-state index < -0.39 is 0 Å². The van der Waals surface area contributed by atoms with Gasteiger partial charge in [-0.05, 0) is 80.1 Å². The molecule has 0 spiro atoms. The van der Waals surface area contributed by atoms with Gasteiger partial charge in [0.15, 0.2) is 0 Å². The number of hydrogen-bond donors (Lipinski definition) is 2. The number of halogens is 1. The van der Waals surface area contributed by atoms with Crippen molar-refractivity contribution in [3.05, 3.63) is 83.4 Å². The summed E-state index contributed by atoms with van der Waals surface area (Å²) in [6, 6.07) is 22.0. The van der Waals surface area contributed by atoms with Crippen LogP contribution in [-0.2, 0) is 16.0 Å². The minimum atomic E-state index is -0.285. The molecule has 3 rings (SSSR count). The molecule has 3 aromatic carbocycles. The van der Waals surface area contributed by atoms with Gasteiger partial charge in [-0.1, -0.05) is 23.7 Å². The molecule has 32 heavy (non-hydrogen) atoms. The number of carbonyl (C=O) groups is 2. The molecular formula is C25H25ClN2O3S. The fourth-order valence-corrected chi connectivity index (χ4v) is 3.91. The molecule has 0 bridgehead atoms. The quantitative estimate of drug-likeness (QED) is 0.376. The van der Waals surface area contributed by atoms with Crippen molar-refractivity contribution in [1.82, 2.24) is 0 Å². The molecule has 166 valence electrons. The van der Waals surface area contributed by atoms with E-state index in [2.05, 4.69) is 10.6 Å². The predicted octanol–water partition coefficient (Wildman–Crippen LogP) is 6.04. The second-order valence-corrected chi connectivity index (χ2v) is 8.93. The van der Waals surface area contributed by atoms with Crippen LogP contribution >= 0.6 is 23.4 Å². The number of thioether (sulfide) groups is 1. The number of nitrogens with one attached hydrogen (secondary N) is 2. The first-order valence-electron chi connectivity index (χ1n) is 10.3. The van der Waals surface area contributed by atoms with Crippen LogP contribution in [0.25, 0.3) is 0 Å². The summed E-state index contributed by atoms with van der Waals surface area (Å²) in [4.78, 5) is 25.7. The van der Waals surface area contributed by atoms with Gasteiger partial charge in [-0.3, -0.25) is 9.59 Å². The maximum absolute atomic E-state index is 12.5. The zero-order valence-corrected chi connectivity index (χ0v) is 19.5. The summed E-state index contributed by atoms with van der Waals surface area (Å²) in [7, 11) is 0. The minimum absolute atomic E-state index is 0.0838. The van der Waals surface area contributed by atoms with Crippen molar-refractivity contribution in [1.29, 1.82) is 0 Å². The Morgan fingerprint density at radius 3 is 2.12 bits per heavy atom.